The van der Waals surface area contributed by atoms with Crippen LogP contribution in [0.25, 0.3) is 6.08 Å². The fourth-order valence-corrected chi connectivity index (χ4v) is 2.72. The highest BCUT2D eigenvalue weighted by Crippen LogP contribution is 2.26. The standard InChI is InChI=1S/C18H14N2OS/c21-17-16(13-7-10-14-8-3-1-4-9-14)22-18(20-17)19-15-11-5-2-6-12-15/h1-13H,(H,19,20,21)/b10-7+,16-13+. The first-order valence-electron chi connectivity index (χ1n) is 6.87. The zero-order valence-electron chi connectivity index (χ0n) is 11.8. The van der Waals surface area contributed by atoms with Gasteiger partial charge < -0.3 is 5.32 Å². The van der Waals surface area contributed by atoms with Gasteiger partial charge in [-0.3, -0.25) is 4.79 Å². The third-order valence-corrected chi connectivity index (χ3v) is 3.90. The molecule has 22 heavy (non-hydrogen) atoms. The van der Waals surface area contributed by atoms with Gasteiger partial charge in [0.1, 0.15) is 0 Å². The Morgan fingerprint density at radius 2 is 1.64 bits per heavy atom. The Morgan fingerprint density at radius 3 is 2.36 bits per heavy atom. The molecule has 0 saturated carbocycles. The van der Waals surface area contributed by atoms with Crippen molar-refractivity contribution in [3.63, 3.8) is 0 Å². The van der Waals surface area contributed by atoms with Gasteiger partial charge in [0.05, 0.1) is 10.6 Å². The Bertz CT molecular complexity index is 749. The fraction of sp³-hybridized carbons (Fsp3) is 0. The van der Waals surface area contributed by atoms with Gasteiger partial charge in [-0.05, 0) is 35.5 Å². The molecule has 0 unspecified atom stereocenters. The van der Waals surface area contributed by atoms with E-state index in [1.807, 2.05) is 72.8 Å². The number of allylic oxidation sites excluding steroid dienone is 2. The molecule has 2 aromatic carbocycles. The summed E-state index contributed by atoms with van der Waals surface area (Å²) in [5, 5.41) is 3.38. The van der Waals surface area contributed by atoms with Gasteiger partial charge in [0.25, 0.3) is 5.91 Å². The van der Waals surface area contributed by atoms with Gasteiger partial charge in [0, 0.05) is 0 Å². The summed E-state index contributed by atoms with van der Waals surface area (Å²) in [4.78, 5) is 17.0. The maximum atomic E-state index is 11.9. The third-order valence-electron chi connectivity index (χ3n) is 2.97. The number of carbonyl (C=O) groups is 1. The molecular formula is C18H14N2OS. The molecule has 1 amide bonds. The van der Waals surface area contributed by atoms with Crippen molar-refractivity contribution in [1.82, 2.24) is 5.32 Å². The summed E-state index contributed by atoms with van der Waals surface area (Å²) in [6, 6.07) is 19.5. The first-order valence-corrected chi connectivity index (χ1v) is 7.69. The van der Waals surface area contributed by atoms with Gasteiger partial charge >= 0.3 is 0 Å². The van der Waals surface area contributed by atoms with Crippen LogP contribution in [0, 0.1) is 0 Å². The molecular weight excluding hydrogens is 292 g/mol. The number of amidine groups is 1. The highest BCUT2D eigenvalue weighted by atomic mass is 32.2. The minimum absolute atomic E-state index is 0.114. The van der Waals surface area contributed by atoms with Crippen molar-refractivity contribution in [2.45, 2.75) is 0 Å². The van der Waals surface area contributed by atoms with E-state index in [4.69, 9.17) is 0 Å². The number of rotatable bonds is 3. The molecule has 0 spiro atoms. The van der Waals surface area contributed by atoms with E-state index in [0.29, 0.717) is 10.1 Å². The van der Waals surface area contributed by atoms with Gasteiger partial charge in [0.15, 0.2) is 5.17 Å². The predicted molar refractivity (Wildman–Crippen MR) is 92.8 cm³/mol. The number of benzene rings is 2. The lowest BCUT2D eigenvalue weighted by atomic mass is 10.2. The molecule has 1 aliphatic rings. The molecule has 2 aromatic rings. The van der Waals surface area contributed by atoms with Crippen molar-refractivity contribution in [3.05, 3.63) is 83.3 Å². The lowest BCUT2D eigenvalue weighted by molar-refractivity contribution is -0.115. The van der Waals surface area contributed by atoms with Gasteiger partial charge in [-0.2, -0.15) is 0 Å². The van der Waals surface area contributed by atoms with E-state index in [0.717, 1.165) is 11.3 Å². The number of para-hydroxylation sites is 1. The van der Waals surface area contributed by atoms with Crippen molar-refractivity contribution in [3.8, 4) is 0 Å². The Kier molecular flexibility index (Phi) is 4.51. The molecule has 3 rings (SSSR count). The molecule has 1 aliphatic heterocycles. The van der Waals surface area contributed by atoms with Crippen LogP contribution in [-0.4, -0.2) is 11.1 Å². The van der Waals surface area contributed by atoms with Gasteiger partial charge in [-0.1, -0.05) is 60.7 Å². The maximum Gasteiger partial charge on any atom is 0.264 e. The predicted octanol–water partition coefficient (Wildman–Crippen LogP) is 4.13. The first kappa shape index (κ1) is 14.4. The molecule has 4 heteroatoms. The molecule has 0 atom stereocenters. The summed E-state index contributed by atoms with van der Waals surface area (Å²) in [6.07, 6.45) is 5.65. The SMILES string of the molecule is O=C1NC(=Nc2ccccc2)S/C1=C/C=C/c1ccccc1. The van der Waals surface area contributed by atoms with E-state index in [1.165, 1.54) is 11.8 Å². The molecule has 0 aliphatic carbocycles. The van der Waals surface area contributed by atoms with Gasteiger partial charge in [-0.25, -0.2) is 4.99 Å². The smallest absolute Gasteiger partial charge is 0.264 e. The van der Waals surface area contributed by atoms with Gasteiger partial charge in [0.2, 0.25) is 0 Å². The molecule has 0 bridgehead atoms. The number of nitrogens with one attached hydrogen (secondary N) is 1. The van der Waals surface area contributed by atoms with Crippen molar-refractivity contribution >= 4 is 34.6 Å². The summed E-state index contributed by atoms with van der Waals surface area (Å²) in [5.74, 6) is -0.114. The summed E-state index contributed by atoms with van der Waals surface area (Å²) in [7, 11) is 0. The second-order valence-electron chi connectivity index (χ2n) is 4.61. The minimum atomic E-state index is -0.114. The number of hydrogen-bond acceptors (Lipinski definition) is 3. The van der Waals surface area contributed by atoms with E-state index in [-0.39, 0.29) is 5.91 Å². The van der Waals surface area contributed by atoms with E-state index in [2.05, 4.69) is 10.3 Å². The number of thioether (sulfide) groups is 1. The van der Waals surface area contributed by atoms with Crippen LogP contribution in [0.4, 0.5) is 5.69 Å². The van der Waals surface area contributed by atoms with Crippen LogP contribution in [0.1, 0.15) is 5.56 Å². The van der Waals surface area contributed by atoms with Crippen LogP contribution in [0.2, 0.25) is 0 Å². The van der Waals surface area contributed by atoms with Crippen molar-refractivity contribution in [1.29, 1.82) is 0 Å². The average Bonchev–Trinajstić information content (AvgIpc) is 2.89. The number of nitrogens with zero attached hydrogens (tertiary/aromatic N) is 1. The van der Waals surface area contributed by atoms with Crippen LogP contribution in [0.5, 0.6) is 0 Å². The molecule has 1 N–H and O–H groups in total. The van der Waals surface area contributed by atoms with Crippen molar-refractivity contribution < 1.29 is 4.79 Å². The summed E-state index contributed by atoms with van der Waals surface area (Å²) < 4.78 is 0. The highest BCUT2D eigenvalue weighted by molar-refractivity contribution is 8.18. The highest BCUT2D eigenvalue weighted by Gasteiger charge is 2.22. The zero-order valence-corrected chi connectivity index (χ0v) is 12.6. The van der Waals surface area contributed by atoms with Crippen molar-refractivity contribution in [2.75, 3.05) is 0 Å². The Balaban J connectivity index is 1.71. The minimum Gasteiger partial charge on any atom is -0.300 e. The summed E-state index contributed by atoms with van der Waals surface area (Å²) >= 11 is 1.35. The van der Waals surface area contributed by atoms with E-state index < -0.39 is 0 Å². The second-order valence-corrected chi connectivity index (χ2v) is 5.64. The molecule has 1 fully saturated rings. The normalized spacial score (nSPS) is 18.3. The quantitative estimate of drug-likeness (QED) is 0.866. The lowest BCUT2D eigenvalue weighted by Crippen LogP contribution is -2.19. The Hall–Kier alpha value is -2.59. The molecule has 0 radical (unpaired) electrons. The monoisotopic (exact) mass is 306 g/mol. The maximum absolute atomic E-state index is 11.9. The largest absolute Gasteiger partial charge is 0.300 e. The molecule has 1 saturated heterocycles. The van der Waals surface area contributed by atoms with E-state index >= 15 is 0 Å². The van der Waals surface area contributed by atoms with Crippen LogP contribution in [0.3, 0.4) is 0 Å². The second kappa shape index (κ2) is 6.91. The molecule has 1 heterocycles. The van der Waals surface area contributed by atoms with Crippen LogP contribution < -0.4 is 5.32 Å². The van der Waals surface area contributed by atoms with Crippen LogP contribution in [-0.2, 0) is 4.79 Å². The fourth-order valence-electron chi connectivity index (χ4n) is 1.93. The van der Waals surface area contributed by atoms with E-state index in [9.17, 15) is 4.79 Å². The van der Waals surface area contributed by atoms with E-state index in [1.54, 1.807) is 6.08 Å². The van der Waals surface area contributed by atoms with Crippen LogP contribution >= 0.6 is 11.8 Å². The molecule has 0 aromatic heterocycles. The average molecular weight is 306 g/mol. The number of amides is 1. The Labute approximate surface area is 133 Å². The Morgan fingerprint density at radius 1 is 0.955 bits per heavy atom. The third kappa shape index (κ3) is 3.74. The molecule has 3 nitrogen and oxygen atoms in total. The first-order chi connectivity index (χ1) is 10.8. The van der Waals surface area contributed by atoms with Crippen LogP contribution in [0.15, 0.2) is 82.7 Å². The van der Waals surface area contributed by atoms with Gasteiger partial charge in [-0.15, -0.1) is 0 Å². The number of hydrogen-bond donors (Lipinski definition) is 1. The molecule has 108 valence electrons. The zero-order chi connectivity index (χ0) is 15.2. The summed E-state index contributed by atoms with van der Waals surface area (Å²) in [5.41, 5.74) is 1.92. The summed E-state index contributed by atoms with van der Waals surface area (Å²) in [6.45, 7) is 0. The van der Waals surface area contributed by atoms with Crippen molar-refractivity contribution in [2.24, 2.45) is 4.99 Å². The number of carbonyl (C=O) groups excluding carboxylic acids is 1. The number of aliphatic imine (C=N–C) groups is 1. The topological polar surface area (TPSA) is 41.5 Å². The lowest BCUT2D eigenvalue weighted by Gasteiger charge is -1.94.